The predicted molar refractivity (Wildman–Crippen MR) is 144 cm³/mol. The van der Waals surface area contributed by atoms with Crippen LogP contribution in [0.1, 0.15) is 113 Å². The number of alkyl carbamates (subject to hydrolysis) is 2. The first-order chi connectivity index (χ1) is 16.7. The van der Waals surface area contributed by atoms with Gasteiger partial charge in [0.05, 0.1) is 0 Å². The molecule has 10 heteroatoms. The lowest BCUT2D eigenvalue weighted by atomic mass is 10.0. The summed E-state index contributed by atoms with van der Waals surface area (Å²) in [6.07, 6.45) is 8.06. The van der Waals surface area contributed by atoms with Crippen LogP contribution < -0.4 is 21.7 Å². The molecule has 0 aromatic rings. The van der Waals surface area contributed by atoms with E-state index in [0.29, 0.717) is 25.9 Å². The van der Waals surface area contributed by atoms with Crippen LogP contribution in [0.3, 0.4) is 0 Å². The SMILES string of the molecule is CCCCCCC[C@@H](N)CC(=O)NCCCCCN=C(NC(=O)OC(C)(C)C)NC(=O)OC(C)(C)C. The lowest BCUT2D eigenvalue weighted by molar-refractivity contribution is -0.121. The standard InChI is InChI=1S/C26H51N5O5/c1-8-9-10-11-13-16-20(27)19-21(32)28-17-14-12-15-18-29-22(30-23(33)35-25(2,3)4)31-24(34)36-26(5,6)7/h20H,8-19,27H2,1-7H3,(H,28,32)(H2,29,30,31,33,34)/t20-/m1/s1. The summed E-state index contributed by atoms with van der Waals surface area (Å²) in [4.78, 5) is 40.5. The Hall–Kier alpha value is -2.36. The number of ether oxygens (including phenoxy) is 2. The van der Waals surface area contributed by atoms with E-state index < -0.39 is 23.4 Å². The summed E-state index contributed by atoms with van der Waals surface area (Å²) >= 11 is 0. The smallest absolute Gasteiger partial charge is 0.414 e. The third-order valence-electron chi connectivity index (χ3n) is 4.79. The zero-order valence-corrected chi connectivity index (χ0v) is 23.6. The first kappa shape index (κ1) is 33.6. The van der Waals surface area contributed by atoms with Gasteiger partial charge in [0.2, 0.25) is 11.9 Å². The van der Waals surface area contributed by atoms with Crippen molar-refractivity contribution in [3.8, 4) is 0 Å². The number of carbonyl (C=O) groups is 3. The Morgan fingerprint density at radius 3 is 1.86 bits per heavy atom. The monoisotopic (exact) mass is 513 g/mol. The molecule has 0 fully saturated rings. The fourth-order valence-electron chi connectivity index (χ4n) is 3.17. The average Bonchev–Trinajstić information content (AvgIpc) is 2.69. The Morgan fingerprint density at radius 2 is 1.33 bits per heavy atom. The van der Waals surface area contributed by atoms with Crippen LogP contribution in [0.4, 0.5) is 9.59 Å². The molecular weight excluding hydrogens is 462 g/mol. The topological polar surface area (TPSA) is 144 Å². The molecule has 10 nitrogen and oxygen atoms in total. The lowest BCUT2D eigenvalue weighted by Gasteiger charge is -2.22. The van der Waals surface area contributed by atoms with Crippen molar-refractivity contribution in [1.29, 1.82) is 0 Å². The Bertz CT molecular complexity index is 651. The number of rotatable bonds is 14. The van der Waals surface area contributed by atoms with Crippen molar-refractivity contribution in [1.82, 2.24) is 16.0 Å². The molecule has 0 aliphatic heterocycles. The molecule has 0 radical (unpaired) electrons. The van der Waals surface area contributed by atoms with E-state index in [1.165, 1.54) is 25.7 Å². The van der Waals surface area contributed by atoms with Gasteiger partial charge in [-0.05, 0) is 67.2 Å². The fraction of sp³-hybridized carbons (Fsp3) is 0.846. The van der Waals surface area contributed by atoms with Crippen molar-refractivity contribution in [3.05, 3.63) is 0 Å². The van der Waals surface area contributed by atoms with Crippen LogP contribution in [0.15, 0.2) is 4.99 Å². The van der Waals surface area contributed by atoms with Crippen molar-refractivity contribution in [3.63, 3.8) is 0 Å². The van der Waals surface area contributed by atoms with Gasteiger partial charge < -0.3 is 20.5 Å². The summed E-state index contributed by atoms with van der Waals surface area (Å²) in [5, 5.41) is 7.83. The van der Waals surface area contributed by atoms with E-state index >= 15 is 0 Å². The van der Waals surface area contributed by atoms with Gasteiger partial charge >= 0.3 is 12.2 Å². The van der Waals surface area contributed by atoms with Gasteiger partial charge in [0.25, 0.3) is 0 Å². The minimum absolute atomic E-state index is 0.0144. The van der Waals surface area contributed by atoms with Gasteiger partial charge in [-0.25, -0.2) is 9.59 Å². The molecule has 0 unspecified atom stereocenters. The van der Waals surface area contributed by atoms with E-state index in [2.05, 4.69) is 27.9 Å². The van der Waals surface area contributed by atoms with Crippen molar-refractivity contribution < 1.29 is 23.9 Å². The van der Waals surface area contributed by atoms with Crippen molar-refractivity contribution in [2.75, 3.05) is 13.1 Å². The maximum absolute atomic E-state index is 12.1. The lowest BCUT2D eigenvalue weighted by Crippen LogP contribution is -2.47. The zero-order chi connectivity index (χ0) is 27.6. The number of nitrogens with zero attached hydrogens (tertiary/aromatic N) is 1. The molecule has 0 spiro atoms. The molecule has 0 saturated heterocycles. The number of amides is 3. The van der Waals surface area contributed by atoms with E-state index in [0.717, 1.165) is 25.7 Å². The number of guanidine groups is 1. The second kappa shape index (κ2) is 18.0. The number of aliphatic imine (C=N–C) groups is 1. The second-order valence-electron chi connectivity index (χ2n) is 11.1. The summed E-state index contributed by atoms with van der Waals surface area (Å²) < 4.78 is 10.4. The molecule has 0 rings (SSSR count). The molecule has 5 N–H and O–H groups in total. The summed E-state index contributed by atoms with van der Waals surface area (Å²) in [6, 6.07) is -0.0886. The van der Waals surface area contributed by atoms with Crippen LogP contribution in [0.5, 0.6) is 0 Å². The summed E-state index contributed by atoms with van der Waals surface area (Å²) in [5.74, 6) is -0.0463. The van der Waals surface area contributed by atoms with Gasteiger partial charge in [-0.15, -0.1) is 0 Å². The maximum atomic E-state index is 12.1. The second-order valence-corrected chi connectivity index (χ2v) is 11.1. The average molecular weight is 514 g/mol. The third-order valence-corrected chi connectivity index (χ3v) is 4.79. The van der Waals surface area contributed by atoms with Crippen molar-refractivity contribution in [2.24, 2.45) is 10.7 Å². The van der Waals surface area contributed by atoms with E-state index in [1.54, 1.807) is 41.5 Å². The molecule has 0 aromatic heterocycles. The summed E-state index contributed by atoms with van der Waals surface area (Å²) in [7, 11) is 0. The summed E-state index contributed by atoms with van der Waals surface area (Å²) in [5.41, 5.74) is 4.69. The molecule has 0 aliphatic rings. The molecule has 3 amide bonds. The van der Waals surface area contributed by atoms with Gasteiger partial charge in [0.1, 0.15) is 11.2 Å². The number of carbonyl (C=O) groups excluding carboxylic acids is 3. The van der Waals surface area contributed by atoms with Gasteiger partial charge in [-0.1, -0.05) is 39.0 Å². The van der Waals surface area contributed by atoms with Gasteiger partial charge in [0.15, 0.2) is 0 Å². The highest BCUT2D eigenvalue weighted by molar-refractivity contribution is 6.01. The quantitative estimate of drug-likeness (QED) is 0.150. The summed E-state index contributed by atoms with van der Waals surface area (Å²) in [6.45, 7) is 13.6. The van der Waals surface area contributed by atoms with Crippen LogP contribution in [0.2, 0.25) is 0 Å². The number of hydrogen-bond donors (Lipinski definition) is 4. The molecule has 0 aromatic carbocycles. The molecule has 0 aliphatic carbocycles. The normalized spacial score (nSPS) is 12.3. The molecule has 36 heavy (non-hydrogen) atoms. The zero-order valence-electron chi connectivity index (χ0n) is 23.6. The Kier molecular flexibility index (Phi) is 16.8. The Morgan fingerprint density at radius 1 is 0.806 bits per heavy atom. The number of nitrogens with one attached hydrogen (secondary N) is 3. The van der Waals surface area contributed by atoms with Gasteiger partial charge in [-0.2, -0.15) is 0 Å². The third kappa shape index (κ3) is 22.1. The van der Waals surface area contributed by atoms with E-state index in [1.807, 2.05) is 0 Å². The largest absolute Gasteiger partial charge is 0.444 e. The van der Waals surface area contributed by atoms with Gasteiger partial charge in [-0.3, -0.25) is 20.4 Å². The molecule has 0 saturated carbocycles. The first-order valence-electron chi connectivity index (χ1n) is 13.3. The first-order valence-corrected chi connectivity index (χ1v) is 13.3. The molecule has 210 valence electrons. The number of nitrogens with two attached hydrogens (primary N) is 1. The van der Waals surface area contributed by atoms with Crippen LogP contribution in [-0.2, 0) is 14.3 Å². The minimum atomic E-state index is -0.723. The number of unbranched alkanes of at least 4 members (excludes halogenated alkanes) is 6. The van der Waals surface area contributed by atoms with Crippen LogP contribution in [0.25, 0.3) is 0 Å². The van der Waals surface area contributed by atoms with Crippen molar-refractivity contribution >= 4 is 24.1 Å². The fourth-order valence-corrected chi connectivity index (χ4v) is 3.17. The van der Waals surface area contributed by atoms with E-state index in [-0.39, 0.29) is 17.9 Å². The van der Waals surface area contributed by atoms with Gasteiger partial charge in [0, 0.05) is 25.6 Å². The van der Waals surface area contributed by atoms with Crippen LogP contribution in [0, 0.1) is 0 Å². The predicted octanol–water partition coefficient (Wildman–Crippen LogP) is 4.76. The van der Waals surface area contributed by atoms with E-state index in [9.17, 15) is 14.4 Å². The Balaban J connectivity index is 4.36. The minimum Gasteiger partial charge on any atom is -0.444 e. The van der Waals surface area contributed by atoms with Crippen LogP contribution in [-0.4, -0.2) is 54.4 Å². The Labute approximate surface area is 217 Å². The molecule has 0 heterocycles. The highest BCUT2D eigenvalue weighted by atomic mass is 16.6. The highest BCUT2D eigenvalue weighted by Crippen LogP contribution is 2.09. The highest BCUT2D eigenvalue weighted by Gasteiger charge is 2.21. The van der Waals surface area contributed by atoms with Crippen LogP contribution >= 0.6 is 0 Å². The van der Waals surface area contributed by atoms with E-state index in [4.69, 9.17) is 15.2 Å². The maximum Gasteiger partial charge on any atom is 0.414 e. The molecule has 0 bridgehead atoms. The molecule has 1 atom stereocenters. The number of hydrogen-bond acceptors (Lipinski definition) is 7. The molecular formula is C26H51N5O5. The van der Waals surface area contributed by atoms with Crippen molar-refractivity contribution in [2.45, 2.75) is 130 Å².